The van der Waals surface area contributed by atoms with Gasteiger partial charge in [-0.2, -0.15) is 0 Å². The minimum Gasteiger partial charge on any atom is -0.322 e. The minimum atomic E-state index is 0.954. The second-order valence-corrected chi connectivity index (χ2v) is 4.08. The maximum absolute atomic E-state index is 4.27. The highest BCUT2D eigenvalue weighted by Crippen LogP contribution is 2.28. The van der Waals surface area contributed by atoms with Crippen LogP contribution in [-0.4, -0.2) is 10.9 Å². The standard InChI is InChI=1S/C8H7BrN2S/c9-7-2-1-3-10-8(7)11-4-5-12-6-11/h1-5H,6H2. The van der Waals surface area contributed by atoms with E-state index in [9.17, 15) is 0 Å². The summed E-state index contributed by atoms with van der Waals surface area (Å²) in [6.07, 6.45) is 3.84. The predicted molar refractivity (Wildman–Crippen MR) is 56.0 cm³/mol. The van der Waals surface area contributed by atoms with Crippen LogP contribution in [0.1, 0.15) is 0 Å². The monoisotopic (exact) mass is 242 g/mol. The van der Waals surface area contributed by atoms with Gasteiger partial charge in [0.2, 0.25) is 0 Å². The van der Waals surface area contributed by atoms with Gasteiger partial charge in [0.15, 0.2) is 0 Å². The molecule has 0 saturated heterocycles. The van der Waals surface area contributed by atoms with Crippen molar-refractivity contribution in [1.82, 2.24) is 4.98 Å². The molecule has 0 fully saturated rings. The molecule has 0 unspecified atom stereocenters. The molecule has 12 heavy (non-hydrogen) atoms. The first-order valence-corrected chi connectivity index (χ1v) is 5.37. The first kappa shape index (κ1) is 8.13. The van der Waals surface area contributed by atoms with Crippen LogP contribution >= 0.6 is 27.7 Å². The SMILES string of the molecule is Brc1cccnc1N1C=CSC1. The Morgan fingerprint density at radius 2 is 2.50 bits per heavy atom. The van der Waals surface area contributed by atoms with E-state index >= 15 is 0 Å². The Morgan fingerprint density at radius 1 is 1.58 bits per heavy atom. The van der Waals surface area contributed by atoms with Gasteiger partial charge in [-0.05, 0) is 33.5 Å². The van der Waals surface area contributed by atoms with Crippen LogP contribution in [-0.2, 0) is 0 Å². The highest BCUT2D eigenvalue weighted by atomic mass is 79.9. The molecule has 0 saturated carbocycles. The van der Waals surface area contributed by atoms with E-state index in [1.807, 2.05) is 18.3 Å². The fourth-order valence-electron chi connectivity index (χ4n) is 1.00. The van der Waals surface area contributed by atoms with Gasteiger partial charge in [-0.1, -0.05) is 0 Å². The van der Waals surface area contributed by atoms with Gasteiger partial charge in [0.1, 0.15) is 5.82 Å². The number of hydrogen-bond acceptors (Lipinski definition) is 3. The van der Waals surface area contributed by atoms with Gasteiger partial charge in [0, 0.05) is 12.4 Å². The van der Waals surface area contributed by atoms with E-state index in [0.29, 0.717) is 0 Å². The molecule has 0 radical (unpaired) electrons. The van der Waals surface area contributed by atoms with Crippen molar-refractivity contribution in [2.45, 2.75) is 0 Å². The Hall–Kier alpha value is -0.480. The molecule has 0 atom stereocenters. The van der Waals surface area contributed by atoms with Crippen molar-refractivity contribution >= 4 is 33.5 Å². The molecule has 1 aromatic heterocycles. The topological polar surface area (TPSA) is 16.1 Å². The van der Waals surface area contributed by atoms with Crippen LogP contribution in [0.3, 0.4) is 0 Å². The van der Waals surface area contributed by atoms with Crippen LogP contribution < -0.4 is 4.90 Å². The lowest BCUT2D eigenvalue weighted by atomic mass is 10.4. The molecule has 0 bridgehead atoms. The van der Waals surface area contributed by atoms with Crippen molar-refractivity contribution in [3.05, 3.63) is 34.4 Å². The van der Waals surface area contributed by atoms with Crippen molar-refractivity contribution in [1.29, 1.82) is 0 Å². The molecule has 1 aliphatic heterocycles. The van der Waals surface area contributed by atoms with Gasteiger partial charge in [-0.25, -0.2) is 4.98 Å². The summed E-state index contributed by atoms with van der Waals surface area (Å²) in [5.41, 5.74) is 0. The van der Waals surface area contributed by atoms with Crippen molar-refractivity contribution in [3.63, 3.8) is 0 Å². The summed E-state index contributed by atoms with van der Waals surface area (Å²) in [5, 5.41) is 2.07. The third kappa shape index (κ3) is 1.49. The highest BCUT2D eigenvalue weighted by molar-refractivity contribution is 9.10. The number of pyridine rings is 1. The summed E-state index contributed by atoms with van der Waals surface area (Å²) in [5.74, 6) is 1.94. The first-order chi connectivity index (χ1) is 5.88. The Kier molecular flexibility index (Phi) is 2.37. The van der Waals surface area contributed by atoms with E-state index in [1.165, 1.54) is 0 Å². The molecule has 1 aromatic rings. The fraction of sp³-hybridized carbons (Fsp3) is 0.125. The highest BCUT2D eigenvalue weighted by Gasteiger charge is 2.10. The van der Waals surface area contributed by atoms with Gasteiger partial charge in [-0.15, -0.1) is 11.8 Å². The zero-order valence-corrected chi connectivity index (χ0v) is 8.68. The number of thioether (sulfide) groups is 1. The summed E-state index contributed by atoms with van der Waals surface area (Å²) >= 11 is 5.23. The summed E-state index contributed by atoms with van der Waals surface area (Å²) in [7, 11) is 0. The number of nitrogens with zero attached hydrogens (tertiary/aromatic N) is 2. The smallest absolute Gasteiger partial charge is 0.147 e. The Labute approximate surface area is 83.8 Å². The summed E-state index contributed by atoms with van der Waals surface area (Å²) in [6, 6.07) is 3.92. The zero-order chi connectivity index (χ0) is 8.39. The molecule has 4 heteroatoms. The van der Waals surface area contributed by atoms with E-state index in [2.05, 4.69) is 31.2 Å². The number of rotatable bonds is 1. The molecule has 2 rings (SSSR count). The van der Waals surface area contributed by atoms with Gasteiger partial charge < -0.3 is 4.90 Å². The second-order valence-electron chi connectivity index (χ2n) is 2.36. The normalized spacial score (nSPS) is 15.6. The molecule has 62 valence electrons. The van der Waals surface area contributed by atoms with Crippen LogP contribution in [0, 0.1) is 0 Å². The number of hydrogen-bond donors (Lipinski definition) is 0. The molecule has 2 heterocycles. The quantitative estimate of drug-likeness (QED) is 0.754. The van der Waals surface area contributed by atoms with E-state index < -0.39 is 0 Å². The molecule has 0 N–H and O–H groups in total. The zero-order valence-electron chi connectivity index (χ0n) is 6.27. The van der Waals surface area contributed by atoms with Crippen LogP contribution in [0.2, 0.25) is 0 Å². The lowest BCUT2D eigenvalue weighted by Gasteiger charge is -2.14. The molecular formula is C8H7BrN2S. The number of anilines is 1. The van der Waals surface area contributed by atoms with Gasteiger partial charge in [0.25, 0.3) is 0 Å². The largest absolute Gasteiger partial charge is 0.322 e. The Morgan fingerprint density at radius 3 is 3.17 bits per heavy atom. The molecule has 1 aliphatic rings. The van der Waals surface area contributed by atoms with Crippen molar-refractivity contribution in [3.8, 4) is 0 Å². The van der Waals surface area contributed by atoms with E-state index in [-0.39, 0.29) is 0 Å². The molecule has 0 aromatic carbocycles. The van der Waals surface area contributed by atoms with Crippen LogP contribution in [0.25, 0.3) is 0 Å². The number of halogens is 1. The average molecular weight is 243 g/mol. The average Bonchev–Trinajstić information content (AvgIpc) is 2.57. The van der Waals surface area contributed by atoms with Gasteiger partial charge in [-0.3, -0.25) is 0 Å². The fourth-order valence-corrected chi connectivity index (χ4v) is 2.17. The second kappa shape index (κ2) is 3.49. The maximum atomic E-state index is 4.27. The van der Waals surface area contributed by atoms with Gasteiger partial charge in [0.05, 0.1) is 10.3 Å². The van der Waals surface area contributed by atoms with Crippen LogP contribution in [0.4, 0.5) is 5.82 Å². The van der Waals surface area contributed by atoms with Crippen molar-refractivity contribution < 1.29 is 0 Å². The molecule has 0 amide bonds. The van der Waals surface area contributed by atoms with E-state index in [4.69, 9.17) is 0 Å². The Balaban J connectivity index is 2.33. The summed E-state index contributed by atoms with van der Waals surface area (Å²) in [4.78, 5) is 6.38. The summed E-state index contributed by atoms with van der Waals surface area (Å²) < 4.78 is 1.04. The van der Waals surface area contributed by atoms with Crippen molar-refractivity contribution in [2.75, 3.05) is 10.8 Å². The third-order valence-electron chi connectivity index (χ3n) is 1.56. The molecular weight excluding hydrogens is 236 g/mol. The molecule has 0 aliphatic carbocycles. The minimum absolute atomic E-state index is 0.954. The lowest BCUT2D eigenvalue weighted by molar-refractivity contribution is 1.10. The van der Waals surface area contributed by atoms with Gasteiger partial charge >= 0.3 is 0 Å². The Bertz CT molecular complexity index is 314. The van der Waals surface area contributed by atoms with E-state index in [1.54, 1.807) is 18.0 Å². The lowest BCUT2D eigenvalue weighted by Crippen LogP contribution is -2.12. The first-order valence-electron chi connectivity index (χ1n) is 3.53. The predicted octanol–water partition coefficient (Wildman–Crippen LogP) is 2.83. The van der Waals surface area contributed by atoms with Crippen LogP contribution in [0.15, 0.2) is 34.4 Å². The maximum Gasteiger partial charge on any atom is 0.147 e. The van der Waals surface area contributed by atoms with E-state index in [0.717, 1.165) is 16.2 Å². The van der Waals surface area contributed by atoms with Crippen LogP contribution in [0.5, 0.6) is 0 Å². The molecule has 0 spiro atoms. The number of aromatic nitrogens is 1. The molecule has 2 nitrogen and oxygen atoms in total. The van der Waals surface area contributed by atoms with Crippen molar-refractivity contribution in [2.24, 2.45) is 0 Å². The summed E-state index contributed by atoms with van der Waals surface area (Å²) in [6.45, 7) is 0. The third-order valence-corrected chi connectivity index (χ3v) is 2.92.